The molecule has 10 heteroatoms. The predicted octanol–water partition coefficient (Wildman–Crippen LogP) is 2.75. The molecule has 1 N–H and O–H groups in total. The van der Waals surface area contributed by atoms with Gasteiger partial charge in [0, 0.05) is 36.8 Å². The van der Waals surface area contributed by atoms with Gasteiger partial charge in [0.1, 0.15) is 5.69 Å². The number of alkyl halides is 2. The largest absolute Gasteiger partial charge is 0.309 e. The Morgan fingerprint density at radius 3 is 2.73 bits per heavy atom. The standard InChI is InChI=1S/C20H18F2N6O2/c1-3-27-15-10-12(20(2,21)22)4-5-13(15)19(30)14(25-27)11-18(29)24-16-6-7-17-23-8-9-28(17)26-16/h4-10H,3,11H2,1-2H3,(H,24,26,29). The quantitative estimate of drug-likeness (QED) is 0.544. The average molecular weight is 412 g/mol. The van der Waals surface area contributed by atoms with E-state index in [9.17, 15) is 18.4 Å². The number of imidazole rings is 1. The third-order valence-electron chi connectivity index (χ3n) is 4.68. The van der Waals surface area contributed by atoms with Crippen LogP contribution in [0.1, 0.15) is 25.1 Å². The summed E-state index contributed by atoms with van der Waals surface area (Å²) in [6, 6.07) is 7.14. The zero-order chi connectivity index (χ0) is 21.5. The van der Waals surface area contributed by atoms with Crippen molar-refractivity contribution >= 4 is 28.3 Å². The summed E-state index contributed by atoms with van der Waals surface area (Å²) in [5.74, 6) is -3.20. The molecular weight excluding hydrogens is 394 g/mol. The number of nitrogens with zero attached hydrogens (tertiary/aromatic N) is 5. The van der Waals surface area contributed by atoms with Crippen LogP contribution in [0.3, 0.4) is 0 Å². The van der Waals surface area contributed by atoms with Crippen molar-refractivity contribution in [2.45, 2.75) is 32.7 Å². The summed E-state index contributed by atoms with van der Waals surface area (Å²) < 4.78 is 30.3. The molecule has 4 rings (SSSR count). The molecule has 0 radical (unpaired) electrons. The van der Waals surface area contributed by atoms with E-state index >= 15 is 0 Å². The number of hydrogen-bond donors (Lipinski definition) is 1. The Labute approximate surface area is 169 Å². The third kappa shape index (κ3) is 3.63. The second-order valence-electron chi connectivity index (χ2n) is 6.89. The predicted molar refractivity (Wildman–Crippen MR) is 107 cm³/mol. The van der Waals surface area contributed by atoms with Crippen LogP contribution in [-0.4, -0.2) is 30.3 Å². The number of hydrogen-bond acceptors (Lipinski definition) is 5. The van der Waals surface area contributed by atoms with E-state index < -0.39 is 17.3 Å². The zero-order valence-corrected chi connectivity index (χ0v) is 16.3. The maximum atomic E-state index is 13.7. The fraction of sp³-hybridized carbons (Fsp3) is 0.250. The lowest BCUT2D eigenvalue weighted by atomic mass is 10.1. The van der Waals surface area contributed by atoms with E-state index in [1.165, 1.54) is 27.4 Å². The van der Waals surface area contributed by atoms with Gasteiger partial charge in [-0.25, -0.2) is 18.3 Å². The van der Waals surface area contributed by atoms with E-state index in [-0.39, 0.29) is 23.1 Å². The number of fused-ring (bicyclic) bond motifs is 2. The second kappa shape index (κ2) is 7.29. The third-order valence-corrected chi connectivity index (χ3v) is 4.68. The van der Waals surface area contributed by atoms with Gasteiger partial charge in [0.05, 0.1) is 11.9 Å². The molecule has 0 bridgehead atoms. The van der Waals surface area contributed by atoms with Crippen molar-refractivity contribution in [3.05, 3.63) is 64.2 Å². The second-order valence-corrected chi connectivity index (χ2v) is 6.89. The Morgan fingerprint density at radius 2 is 2.00 bits per heavy atom. The van der Waals surface area contributed by atoms with Gasteiger partial charge in [0.25, 0.3) is 5.92 Å². The number of aromatic nitrogens is 5. The zero-order valence-electron chi connectivity index (χ0n) is 16.3. The SMILES string of the molecule is CCn1nc(CC(=O)Nc2ccc3nccn3n2)c(=O)c2ccc(C(C)(F)F)cc21. The minimum atomic E-state index is -3.04. The summed E-state index contributed by atoms with van der Waals surface area (Å²) in [4.78, 5) is 29.4. The summed E-state index contributed by atoms with van der Waals surface area (Å²) in [6.07, 6.45) is 2.95. The van der Waals surface area contributed by atoms with Crippen LogP contribution in [0, 0.1) is 0 Å². The highest BCUT2D eigenvalue weighted by molar-refractivity contribution is 5.91. The minimum absolute atomic E-state index is 0.0292. The number of carbonyl (C=O) groups is 1. The molecule has 3 heterocycles. The first-order valence-electron chi connectivity index (χ1n) is 9.28. The molecule has 0 unspecified atom stereocenters. The maximum absolute atomic E-state index is 13.7. The Morgan fingerprint density at radius 1 is 1.20 bits per heavy atom. The van der Waals surface area contributed by atoms with Crippen molar-refractivity contribution in [1.82, 2.24) is 24.4 Å². The Hall–Kier alpha value is -3.69. The van der Waals surface area contributed by atoms with Gasteiger partial charge in [0.15, 0.2) is 11.5 Å². The first-order chi connectivity index (χ1) is 14.3. The van der Waals surface area contributed by atoms with Crippen molar-refractivity contribution in [3.63, 3.8) is 0 Å². The summed E-state index contributed by atoms with van der Waals surface area (Å²) in [6.45, 7) is 2.93. The van der Waals surface area contributed by atoms with Gasteiger partial charge in [-0.05, 0) is 31.2 Å². The number of halogens is 2. The molecule has 0 saturated carbocycles. The van der Waals surface area contributed by atoms with Crippen LogP contribution >= 0.6 is 0 Å². The summed E-state index contributed by atoms with van der Waals surface area (Å²) in [5.41, 5.74) is 0.297. The molecule has 0 aliphatic carbocycles. The number of carbonyl (C=O) groups excluding carboxylic acids is 1. The van der Waals surface area contributed by atoms with E-state index in [1.54, 1.807) is 31.5 Å². The molecule has 1 aromatic carbocycles. The van der Waals surface area contributed by atoms with E-state index in [1.807, 2.05) is 0 Å². The number of benzene rings is 1. The van der Waals surface area contributed by atoms with Gasteiger partial charge < -0.3 is 5.32 Å². The molecule has 30 heavy (non-hydrogen) atoms. The lowest BCUT2D eigenvalue weighted by molar-refractivity contribution is -0.115. The molecule has 3 aromatic heterocycles. The van der Waals surface area contributed by atoms with Crippen molar-refractivity contribution in [2.75, 3.05) is 5.32 Å². The van der Waals surface area contributed by atoms with Crippen molar-refractivity contribution in [2.24, 2.45) is 0 Å². The van der Waals surface area contributed by atoms with E-state index in [0.29, 0.717) is 23.5 Å². The molecule has 1 amide bonds. The number of nitrogens with one attached hydrogen (secondary N) is 1. The molecule has 0 aliphatic heterocycles. The highest BCUT2D eigenvalue weighted by Crippen LogP contribution is 2.28. The number of rotatable bonds is 5. The molecular formula is C20H18F2N6O2. The molecule has 4 aromatic rings. The van der Waals surface area contributed by atoms with Gasteiger partial charge >= 0.3 is 0 Å². The smallest absolute Gasteiger partial charge is 0.270 e. The van der Waals surface area contributed by atoms with Crippen LogP contribution < -0.4 is 10.7 Å². The highest BCUT2D eigenvalue weighted by atomic mass is 19.3. The van der Waals surface area contributed by atoms with Crippen molar-refractivity contribution < 1.29 is 13.6 Å². The molecule has 0 atom stereocenters. The van der Waals surface area contributed by atoms with Crippen LogP contribution in [-0.2, 0) is 23.7 Å². The summed E-state index contributed by atoms with van der Waals surface area (Å²) in [5, 5.41) is 11.3. The number of anilines is 1. The van der Waals surface area contributed by atoms with E-state index in [2.05, 4.69) is 20.5 Å². The van der Waals surface area contributed by atoms with Gasteiger partial charge in [-0.3, -0.25) is 14.3 Å². The van der Waals surface area contributed by atoms with Crippen LogP contribution in [0.4, 0.5) is 14.6 Å². The monoisotopic (exact) mass is 412 g/mol. The van der Waals surface area contributed by atoms with Gasteiger partial charge in [-0.15, -0.1) is 5.10 Å². The Bertz CT molecular complexity index is 1320. The molecule has 8 nitrogen and oxygen atoms in total. The lowest BCUT2D eigenvalue weighted by Crippen LogP contribution is -2.25. The lowest BCUT2D eigenvalue weighted by Gasteiger charge is -2.14. The van der Waals surface area contributed by atoms with Crippen LogP contribution in [0.15, 0.2) is 47.5 Å². The Balaban J connectivity index is 1.65. The van der Waals surface area contributed by atoms with Crippen LogP contribution in [0.2, 0.25) is 0 Å². The maximum Gasteiger partial charge on any atom is 0.270 e. The van der Waals surface area contributed by atoms with Gasteiger partial charge in [0.2, 0.25) is 11.3 Å². The van der Waals surface area contributed by atoms with Gasteiger partial charge in [-0.1, -0.05) is 6.07 Å². The fourth-order valence-electron chi connectivity index (χ4n) is 3.19. The molecule has 154 valence electrons. The highest BCUT2D eigenvalue weighted by Gasteiger charge is 2.25. The summed E-state index contributed by atoms with van der Waals surface area (Å²) in [7, 11) is 0. The normalized spacial score (nSPS) is 11.9. The van der Waals surface area contributed by atoms with Gasteiger partial charge in [-0.2, -0.15) is 5.10 Å². The fourth-order valence-corrected chi connectivity index (χ4v) is 3.19. The van der Waals surface area contributed by atoms with E-state index in [4.69, 9.17) is 0 Å². The van der Waals surface area contributed by atoms with Crippen LogP contribution in [0.25, 0.3) is 16.6 Å². The minimum Gasteiger partial charge on any atom is -0.309 e. The number of aryl methyl sites for hydroxylation is 1. The molecule has 0 aliphatic rings. The molecule has 0 spiro atoms. The number of amides is 1. The first-order valence-corrected chi connectivity index (χ1v) is 9.28. The first kappa shape index (κ1) is 19.6. The Kier molecular flexibility index (Phi) is 4.76. The van der Waals surface area contributed by atoms with Crippen LogP contribution in [0.5, 0.6) is 0 Å². The average Bonchev–Trinajstić information content (AvgIpc) is 3.17. The van der Waals surface area contributed by atoms with E-state index in [0.717, 1.165) is 6.92 Å². The van der Waals surface area contributed by atoms with Crippen molar-refractivity contribution in [1.29, 1.82) is 0 Å². The summed E-state index contributed by atoms with van der Waals surface area (Å²) >= 11 is 0. The topological polar surface area (TPSA) is 94.2 Å². The molecule has 0 fully saturated rings. The van der Waals surface area contributed by atoms with Crippen molar-refractivity contribution in [3.8, 4) is 0 Å². The molecule has 0 saturated heterocycles.